The standard InChI is InChI=1S/C22H23N5O3/c1-29-19-8-5-6-16(21(19)30-2)22(28)27-14-12-26(13-15-27)20-10-9-18(24-25-20)17-7-3-4-11-23-17/h3-11H,12-15H2,1-2H3. The van der Waals surface area contributed by atoms with Gasteiger partial charge in [-0.05, 0) is 36.4 Å². The summed E-state index contributed by atoms with van der Waals surface area (Å²) in [5.74, 6) is 1.73. The van der Waals surface area contributed by atoms with E-state index in [0.717, 1.165) is 17.2 Å². The number of carbonyl (C=O) groups is 1. The van der Waals surface area contributed by atoms with E-state index in [1.807, 2.05) is 35.2 Å². The summed E-state index contributed by atoms with van der Waals surface area (Å²) in [7, 11) is 3.10. The largest absolute Gasteiger partial charge is 0.493 e. The molecule has 1 aliphatic heterocycles. The van der Waals surface area contributed by atoms with Crippen molar-refractivity contribution in [3.05, 3.63) is 60.3 Å². The number of hydrogen-bond acceptors (Lipinski definition) is 7. The molecule has 3 aromatic rings. The molecule has 1 aliphatic rings. The molecule has 0 aliphatic carbocycles. The lowest BCUT2D eigenvalue weighted by Gasteiger charge is -2.35. The molecule has 1 amide bonds. The molecule has 154 valence electrons. The minimum atomic E-state index is -0.0676. The molecule has 4 rings (SSSR count). The van der Waals surface area contributed by atoms with Crippen LogP contribution in [0.15, 0.2) is 54.7 Å². The Bertz CT molecular complexity index is 1000. The molecule has 0 N–H and O–H groups in total. The van der Waals surface area contributed by atoms with E-state index in [1.165, 1.54) is 0 Å². The van der Waals surface area contributed by atoms with Gasteiger partial charge in [-0.15, -0.1) is 10.2 Å². The van der Waals surface area contributed by atoms with Gasteiger partial charge in [0, 0.05) is 32.4 Å². The Morgan fingerprint density at radius 2 is 1.70 bits per heavy atom. The highest BCUT2D eigenvalue weighted by atomic mass is 16.5. The number of nitrogens with zero attached hydrogens (tertiary/aromatic N) is 5. The van der Waals surface area contributed by atoms with Crippen LogP contribution in [0.25, 0.3) is 11.4 Å². The molecule has 8 nitrogen and oxygen atoms in total. The first-order valence-corrected chi connectivity index (χ1v) is 9.71. The van der Waals surface area contributed by atoms with Crippen LogP contribution in [0.4, 0.5) is 5.82 Å². The summed E-state index contributed by atoms with van der Waals surface area (Å²) >= 11 is 0. The number of piperazine rings is 1. The van der Waals surface area contributed by atoms with Gasteiger partial charge in [0.2, 0.25) is 0 Å². The molecule has 0 unspecified atom stereocenters. The van der Waals surface area contributed by atoms with Crippen molar-refractivity contribution in [2.24, 2.45) is 0 Å². The quantitative estimate of drug-likeness (QED) is 0.645. The summed E-state index contributed by atoms with van der Waals surface area (Å²) in [6.07, 6.45) is 1.73. The number of rotatable bonds is 5. The zero-order valence-corrected chi connectivity index (χ0v) is 17.0. The summed E-state index contributed by atoms with van der Waals surface area (Å²) in [5, 5.41) is 8.66. The van der Waals surface area contributed by atoms with E-state index < -0.39 is 0 Å². The van der Waals surface area contributed by atoms with Gasteiger partial charge in [0.05, 0.1) is 25.5 Å². The van der Waals surface area contributed by atoms with Crippen molar-refractivity contribution in [2.75, 3.05) is 45.3 Å². The monoisotopic (exact) mass is 405 g/mol. The summed E-state index contributed by atoms with van der Waals surface area (Å²) in [6, 6.07) is 14.9. The normalized spacial score (nSPS) is 13.8. The fraction of sp³-hybridized carbons (Fsp3) is 0.273. The fourth-order valence-corrected chi connectivity index (χ4v) is 3.51. The van der Waals surface area contributed by atoms with Gasteiger partial charge in [-0.2, -0.15) is 0 Å². The Morgan fingerprint density at radius 1 is 0.867 bits per heavy atom. The van der Waals surface area contributed by atoms with Crippen LogP contribution >= 0.6 is 0 Å². The van der Waals surface area contributed by atoms with Crippen molar-refractivity contribution in [3.63, 3.8) is 0 Å². The molecule has 0 spiro atoms. The Labute approximate surface area is 175 Å². The first-order chi connectivity index (χ1) is 14.7. The van der Waals surface area contributed by atoms with Crippen LogP contribution in [0.5, 0.6) is 11.5 Å². The van der Waals surface area contributed by atoms with E-state index in [1.54, 1.807) is 38.6 Å². The second kappa shape index (κ2) is 8.77. The summed E-state index contributed by atoms with van der Waals surface area (Å²) in [5.41, 5.74) is 2.03. The van der Waals surface area contributed by atoms with Gasteiger partial charge in [0.15, 0.2) is 17.3 Å². The molecular weight excluding hydrogens is 382 g/mol. The Hall–Kier alpha value is -3.68. The maximum atomic E-state index is 13.0. The highest BCUT2D eigenvalue weighted by Crippen LogP contribution is 2.31. The summed E-state index contributed by atoms with van der Waals surface area (Å²) < 4.78 is 10.7. The number of hydrogen-bond donors (Lipinski definition) is 0. The number of ether oxygens (including phenoxy) is 2. The highest BCUT2D eigenvalue weighted by molar-refractivity contribution is 5.98. The lowest BCUT2D eigenvalue weighted by molar-refractivity contribution is 0.0742. The fourth-order valence-electron chi connectivity index (χ4n) is 3.51. The predicted molar refractivity (Wildman–Crippen MR) is 113 cm³/mol. The number of aromatic nitrogens is 3. The van der Waals surface area contributed by atoms with Gasteiger partial charge in [-0.1, -0.05) is 12.1 Å². The number of benzene rings is 1. The second-order valence-electron chi connectivity index (χ2n) is 6.81. The molecule has 0 bridgehead atoms. The molecule has 3 heterocycles. The number of methoxy groups -OCH3 is 2. The molecule has 0 saturated carbocycles. The van der Waals surface area contributed by atoms with Gasteiger partial charge >= 0.3 is 0 Å². The van der Waals surface area contributed by atoms with E-state index in [4.69, 9.17) is 9.47 Å². The van der Waals surface area contributed by atoms with Gasteiger partial charge in [-0.25, -0.2) is 0 Å². The number of pyridine rings is 1. The van der Waals surface area contributed by atoms with Gasteiger partial charge < -0.3 is 19.3 Å². The predicted octanol–water partition coefficient (Wildman–Crippen LogP) is 2.52. The third-order valence-corrected chi connectivity index (χ3v) is 5.10. The number of anilines is 1. The summed E-state index contributed by atoms with van der Waals surface area (Å²) in [4.78, 5) is 21.3. The van der Waals surface area contributed by atoms with Crippen molar-refractivity contribution in [2.45, 2.75) is 0 Å². The van der Waals surface area contributed by atoms with E-state index in [9.17, 15) is 4.79 Å². The molecule has 2 aromatic heterocycles. The number of para-hydroxylation sites is 1. The van der Waals surface area contributed by atoms with Crippen molar-refractivity contribution in [3.8, 4) is 22.9 Å². The first kappa shape index (κ1) is 19.6. The third-order valence-electron chi connectivity index (χ3n) is 5.10. The molecule has 30 heavy (non-hydrogen) atoms. The molecule has 0 atom stereocenters. The minimum Gasteiger partial charge on any atom is -0.493 e. The third kappa shape index (κ3) is 3.89. The Balaban J connectivity index is 1.42. The van der Waals surface area contributed by atoms with Crippen molar-refractivity contribution in [1.82, 2.24) is 20.1 Å². The molecule has 8 heteroatoms. The van der Waals surface area contributed by atoms with Gasteiger partial charge in [0.25, 0.3) is 5.91 Å². The lowest BCUT2D eigenvalue weighted by Crippen LogP contribution is -2.49. The van der Waals surface area contributed by atoms with Crippen LogP contribution in [-0.2, 0) is 0 Å². The van der Waals surface area contributed by atoms with Crippen molar-refractivity contribution < 1.29 is 14.3 Å². The SMILES string of the molecule is COc1cccc(C(=O)N2CCN(c3ccc(-c4ccccn4)nn3)CC2)c1OC. The topological polar surface area (TPSA) is 80.7 Å². The Morgan fingerprint density at radius 3 is 2.33 bits per heavy atom. The van der Waals surface area contributed by atoms with Crippen molar-refractivity contribution in [1.29, 1.82) is 0 Å². The van der Waals surface area contributed by atoms with Crippen LogP contribution in [0, 0.1) is 0 Å². The smallest absolute Gasteiger partial charge is 0.257 e. The van der Waals surface area contributed by atoms with Crippen LogP contribution in [0.1, 0.15) is 10.4 Å². The second-order valence-corrected chi connectivity index (χ2v) is 6.81. The van der Waals surface area contributed by atoms with Crippen LogP contribution in [0.2, 0.25) is 0 Å². The van der Waals surface area contributed by atoms with E-state index in [2.05, 4.69) is 20.1 Å². The van der Waals surface area contributed by atoms with E-state index in [0.29, 0.717) is 43.2 Å². The van der Waals surface area contributed by atoms with Crippen LogP contribution in [0.3, 0.4) is 0 Å². The number of carbonyl (C=O) groups excluding carboxylic acids is 1. The first-order valence-electron chi connectivity index (χ1n) is 9.71. The maximum absolute atomic E-state index is 13.0. The molecular formula is C22H23N5O3. The molecule has 1 aromatic carbocycles. The van der Waals surface area contributed by atoms with Gasteiger partial charge in [-0.3, -0.25) is 9.78 Å². The average Bonchev–Trinajstić information content (AvgIpc) is 2.83. The summed E-state index contributed by atoms with van der Waals surface area (Å²) in [6.45, 7) is 2.52. The lowest BCUT2D eigenvalue weighted by atomic mass is 10.1. The zero-order chi connectivity index (χ0) is 20.9. The van der Waals surface area contributed by atoms with Crippen LogP contribution in [-0.4, -0.2) is 66.4 Å². The maximum Gasteiger partial charge on any atom is 0.257 e. The number of amides is 1. The minimum absolute atomic E-state index is 0.0676. The Kier molecular flexibility index (Phi) is 5.74. The van der Waals surface area contributed by atoms with E-state index in [-0.39, 0.29) is 5.91 Å². The molecule has 1 fully saturated rings. The van der Waals surface area contributed by atoms with Crippen molar-refractivity contribution >= 4 is 11.7 Å². The molecule has 1 saturated heterocycles. The zero-order valence-electron chi connectivity index (χ0n) is 17.0. The van der Waals surface area contributed by atoms with Crippen LogP contribution < -0.4 is 14.4 Å². The van der Waals surface area contributed by atoms with E-state index >= 15 is 0 Å². The molecule has 0 radical (unpaired) electrons. The highest BCUT2D eigenvalue weighted by Gasteiger charge is 2.26. The van der Waals surface area contributed by atoms with Gasteiger partial charge in [0.1, 0.15) is 5.69 Å². The average molecular weight is 405 g/mol.